The highest BCUT2D eigenvalue weighted by atomic mass is 35.5. The van der Waals surface area contributed by atoms with Gasteiger partial charge in [0.15, 0.2) is 22.9 Å². The first kappa shape index (κ1) is 22.2. The van der Waals surface area contributed by atoms with Gasteiger partial charge in [-0.2, -0.15) is 5.26 Å². The molecule has 4 aromatic rings. The number of aliphatic hydroxyl groups excluding tert-OH is 1. The number of fused-ring (bicyclic) bond motifs is 1. The maximum atomic E-state index is 13.7. The minimum absolute atomic E-state index is 0.0995. The number of ether oxygens (including phenoxy) is 1. The first-order chi connectivity index (χ1) is 16.9. The molecule has 0 saturated carbocycles. The van der Waals surface area contributed by atoms with Crippen LogP contribution in [0.25, 0.3) is 11.0 Å². The SMILES string of the molecule is COc1cc(Cl)cc2cc(C(=O)C3=C(O)C(=O)N(c4ccc(C#N)cc4)C3c3ccccn3)oc12. The van der Waals surface area contributed by atoms with Crippen molar-refractivity contribution in [3.8, 4) is 11.8 Å². The number of carbonyl (C=O) groups excluding carboxylic acids is 2. The van der Waals surface area contributed by atoms with Crippen LogP contribution in [-0.2, 0) is 4.79 Å². The first-order valence-electron chi connectivity index (χ1n) is 10.4. The van der Waals surface area contributed by atoms with E-state index in [9.17, 15) is 14.7 Å². The van der Waals surface area contributed by atoms with E-state index in [1.54, 1.807) is 54.6 Å². The number of rotatable bonds is 5. The Labute approximate surface area is 204 Å². The Morgan fingerprint density at radius 2 is 1.97 bits per heavy atom. The fourth-order valence-corrected chi connectivity index (χ4v) is 4.32. The average Bonchev–Trinajstić information content (AvgIpc) is 3.42. The highest BCUT2D eigenvalue weighted by Gasteiger charge is 2.46. The fraction of sp³-hybridized carbons (Fsp3) is 0.0769. The molecule has 5 rings (SSSR count). The molecular formula is C26H16ClN3O5. The number of hydrogen-bond acceptors (Lipinski definition) is 7. The summed E-state index contributed by atoms with van der Waals surface area (Å²) in [6.07, 6.45) is 1.53. The predicted octanol–water partition coefficient (Wildman–Crippen LogP) is 5.14. The summed E-state index contributed by atoms with van der Waals surface area (Å²) >= 11 is 6.14. The number of Topliss-reactive ketones (excluding diaryl/α,β-unsaturated/α-hetero) is 1. The number of ketones is 1. The largest absolute Gasteiger partial charge is 0.503 e. The summed E-state index contributed by atoms with van der Waals surface area (Å²) in [7, 11) is 1.45. The lowest BCUT2D eigenvalue weighted by Gasteiger charge is -2.25. The van der Waals surface area contributed by atoms with Gasteiger partial charge in [-0.3, -0.25) is 19.5 Å². The van der Waals surface area contributed by atoms with Crippen LogP contribution in [-0.4, -0.2) is 28.9 Å². The number of halogens is 1. The van der Waals surface area contributed by atoms with E-state index in [1.807, 2.05) is 6.07 Å². The van der Waals surface area contributed by atoms with Crippen molar-refractivity contribution >= 4 is 39.9 Å². The average molecular weight is 486 g/mol. The molecule has 3 heterocycles. The number of nitriles is 1. The molecule has 172 valence electrons. The van der Waals surface area contributed by atoms with Crippen molar-refractivity contribution in [1.29, 1.82) is 5.26 Å². The third-order valence-corrected chi connectivity index (χ3v) is 5.90. The number of anilines is 1. The van der Waals surface area contributed by atoms with Crippen LogP contribution in [0.3, 0.4) is 0 Å². The Bertz CT molecular complexity index is 1550. The Hall–Kier alpha value is -4.61. The number of carbonyl (C=O) groups is 2. The molecule has 0 radical (unpaired) electrons. The molecule has 0 aliphatic carbocycles. The van der Waals surface area contributed by atoms with Crippen LogP contribution in [0.4, 0.5) is 5.69 Å². The number of hydrogen-bond donors (Lipinski definition) is 1. The summed E-state index contributed by atoms with van der Waals surface area (Å²) in [6.45, 7) is 0. The smallest absolute Gasteiger partial charge is 0.294 e. The molecular weight excluding hydrogens is 470 g/mol. The molecule has 9 heteroatoms. The van der Waals surface area contributed by atoms with E-state index in [0.717, 1.165) is 0 Å². The fourth-order valence-electron chi connectivity index (χ4n) is 4.10. The highest BCUT2D eigenvalue weighted by molar-refractivity contribution is 6.31. The molecule has 2 aromatic carbocycles. The summed E-state index contributed by atoms with van der Waals surface area (Å²) in [5, 5.41) is 20.9. The lowest BCUT2D eigenvalue weighted by atomic mass is 9.98. The Balaban J connectivity index is 1.65. The normalized spacial score (nSPS) is 15.5. The van der Waals surface area contributed by atoms with Gasteiger partial charge in [0.25, 0.3) is 5.91 Å². The summed E-state index contributed by atoms with van der Waals surface area (Å²) in [5.41, 5.74) is 1.29. The summed E-state index contributed by atoms with van der Waals surface area (Å²) < 4.78 is 11.1. The quantitative estimate of drug-likeness (QED) is 0.389. The van der Waals surface area contributed by atoms with Crippen molar-refractivity contribution in [2.45, 2.75) is 6.04 Å². The van der Waals surface area contributed by atoms with Crippen LogP contribution in [0.15, 0.2) is 82.6 Å². The van der Waals surface area contributed by atoms with Gasteiger partial charge in [0, 0.05) is 28.4 Å². The second kappa shape index (κ2) is 8.63. The number of nitrogens with zero attached hydrogens (tertiary/aromatic N) is 3. The van der Waals surface area contributed by atoms with Crippen LogP contribution in [0.2, 0.25) is 5.02 Å². The van der Waals surface area contributed by atoms with Crippen LogP contribution in [0.1, 0.15) is 27.9 Å². The van der Waals surface area contributed by atoms with E-state index in [2.05, 4.69) is 4.98 Å². The van der Waals surface area contributed by atoms with Gasteiger partial charge in [-0.05, 0) is 48.5 Å². The second-order valence-corrected chi connectivity index (χ2v) is 8.16. The lowest BCUT2D eigenvalue weighted by Crippen LogP contribution is -2.31. The minimum Gasteiger partial charge on any atom is -0.503 e. The van der Waals surface area contributed by atoms with Crippen molar-refractivity contribution in [2.75, 3.05) is 12.0 Å². The first-order valence-corrected chi connectivity index (χ1v) is 10.8. The Morgan fingerprint density at radius 3 is 2.63 bits per heavy atom. The second-order valence-electron chi connectivity index (χ2n) is 7.72. The van der Waals surface area contributed by atoms with Gasteiger partial charge in [-0.1, -0.05) is 17.7 Å². The molecule has 1 unspecified atom stereocenters. The molecule has 1 amide bonds. The standard InChI is InChI=1S/C26H16ClN3O5/c1-34-20-12-16(27)10-15-11-19(35-25(15)20)23(31)21-22(18-4-2-3-9-29-18)30(26(33)24(21)32)17-7-5-14(13-28)6-8-17/h2-12,22,32H,1H3. The summed E-state index contributed by atoms with van der Waals surface area (Å²) in [4.78, 5) is 32.5. The topological polar surface area (TPSA) is 117 Å². The number of methoxy groups -OCH3 is 1. The third kappa shape index (κ3) is 3.68. The molecule has 1 aliphatic heterocycles. The summed E-state index contributed by atoms with van der Waals surface area (Å²) in [5.74, 6) is -1.92. The number of aromatic nitrogens is 1. The molecule has 35 heavy (non-hydrogen) atoms. The van der Waals surface area contributed by atoms with E-state index in [0.29, 0.717) is 38.7 Å². The highest BCUT2D eigenvalue weighted by Crippen LogP contribution is 2.42. The van der Waals surface area contributed by atoms with Crippen molar-refractivity contribution in [2.24, 2.45) is 0 Å². The van der Waals surface area contributed by atoms with E-state index >= 15 is 0 Å². The van der Waals surface area contributed by atoms with E-state index in [1.165, 1.54) is 24.3 Å². The third-order valence-electron chi connectivity index (χ3n) is 5.69. The van der Waals surface area contributed by atoms with Gasteiger partial charge >= 0.3 is 0 Å². The number of pyridine rings is 1. The van der Waals surface area contributed by atoms with Crippen LogP contribution >= 0.6 is 11.6 Å². The Morgan fingerprint density at radius 1 is 1.20 bits per heavy atom. The number of benzene rings is 2. The van der Waals surface area contributed by atoms with E-state index < -0.39 is 23.5 Å². The number of aliphatic hydroxyl groups is 1. The van der Waals surface area contributed by atoms with Crippen LogP contribution in [0, 0.1) is 11.3 Å². The van der Waals surface area contributed by atoms with Crippen molar-refractivity contribution in [3.63, 3.8) is 0 Å². The van der Waals surface area contributed by atoms with Gasteiger partial charge < -0.3 is 14.3 Å². The molecule has 1 aliphatic rings. The summed E-state index contributed by atoms with van der Waals surface area (Å²) in [6, 6.07) is 17.0. The zero-order valence-corrected chi connectivity index (χ0v) is 19.0. The van der Waals surface area contributed by atoms with Crippen molar-refractivity contribution < 1.29 is 23.8 Å². The molecule has 0 saturated heterocycles. The number of furan rings is 1. The maximum Gasteiger partial charge on any atom is 0.294 e. The molecule has 1 N–H and O–H groups in total. The van der Waals surface area contributed by atoms with Gasteiger partial charge in [-0.15, -0.1) is 0 Å². The van der Waals surface area contributed by atoms with Gasteiger partial charge in [-0.25, -0.2) is 0 Å². The lowest BCUT2D eigenvalue weighted by molar-refractivity contribution is -0.117. The van der Waals surface area contributed by atoms with Gasteiger partial charge in [0.05, 0.1) is 30.0 Å². The van der Waals surface area contributed by atoms with Crippen molar-refractivity contribution in [3.05, 3.63) is 100 Å². The van der Waals surface area contributed by atoms with Gasteiger partial charge in [0.2, 0.25) is 5.78 Å². The van der Waals surface area contributed by atoms with Gasteiger partial charge in [0.1, 0.15) is 6.04 Å². The molecule has 0 spiro atoms. The monoisotopic (exact) mass is 485 g/mol. The zero-order valence-electron chi connectivity index (χ0n) is 18.2. The Kier molecular flexibility index (Phi) is 5.47. The van der Waals surface area contributed by atoms with E-state index in [4.69, 9.17) is 26.0 Å². The molecule has 2 aromatic heterocycles. The van der Waals surface area contributed by atoms with E-state index in [-0.39, 0.29) is 11.3 Å². The number of amides is 1. The van der Waals surface area contributed by atoms with Crippen LogP contribution in [0.5, 0.6) is 5.75 Å². The predicted molar refractivity (Wildman–Crippen MR) is 127 cm³/mol. The molecule has 1 atom stereocenters. The minimum atomic E-state index is -1.03. The maximum absolute atomic E-state index is 13.7. The molecule has 0 fully saturated rings. The van der Waals surface area contributed by atoms with Crippen molar-refractivity contribution in [1.82, 2.24) is 4.98 Å². The molecule has 8 nitrogen and oxygen atoms in total. The zero-order chi connectivity index (χ0) is 24.7. The molecule has 0 bridgehead atoms. The van der Waals surface area contributed by atoms with Crippen LogP contribution < -0.4 is 9.64 Å².